The number of benzene rings is 3. The van der Waals surface area contributed by atoms with Gasteiger partial charge < -0.3 is 25.8 Å². The minimum atomic E-state index is -0.120. The molecule has 0 spiro atoms. The lowest BCUT2D eigenvalue weighted by atomic mass is 10.2. The Morgan fingerprint density at radius 3 is 2.24 bits per heavy atom. The standard InChI is InChI=1S/C29H30BrN7O/c1-36-15-17-37(18-16-36)25-13-11-23(12-14-25)33-27-26(30)20-32-29(35-27)34-24-9-7-22(8-10-24)28(38)31-19-21-5-3-2-4-6-21/h2-14,20H,15-19H2,1H3,(H,31,38)(H2,32,33,34,35). The van der Waals surface area contributed by atoms with Gasteiger partial charge in [0, 0.05) is 61.5 Å². The summed E-state index contributed by atoms with van der Waals surface area (Å²) >= 11 is 3.54. The number of nitrogens with zero attached hydrogens (tertiary/aromatic N) is 4. The normalized spacial score (nSPS) is 13.7. The number of hydrogen-bond donors (Lipinski definition) is 3. The van der Waals surface area contributed by atoms with E-state index in [-0.39, 0.29) is 5.91 Å². The quantitative estimate of drug-likeness (QED) is 0.261. The lowest BCUT2D eigenvalue weighted by molar-refractivity contribution is 0.0951. The van der Waals surface area contributed by atoms with Crippen LogP contribution < -0.4 is 20.9 Å². The van der Waals surface area contributed by atoms with Gasteiger partial charge in [0.2, 0.25) is 5.95 Å². The van der Waals surface area contributed by atoms with E-state index in [0.717, 1.165) is 47.6 Å². The molecule has 1 aliphatic heterocycles. The number of amides is 1. The van der Waals surface area contributed by atoms with E-state index in [1.54, 1.807) is 18.3 Å². The molecule has 1 aliphatic rings. The van der Waals surface area contributed by atoms with Gasteiger partial charge in [0.1, 0.15) is 5.82 Å². The van der Waals surface area contributed by atoms with E-state index < -0.39 is 0 Å². The number of aromatic nitrogens is 2. The van der Waals surface area contributed by atoms with Crippen molar-refractivity contribution in [2.45, 2.75) is 6.54 Å². The maximum absolute atomic E-state index is 12.5. The van der Waals surface area contributed by atoms with E-state index in [4.69, 9.17) is 0 Å². The smallest absolute Gasteiger partial charge is 0.251 e. The number of hydrogen-bond acceptors (Lipinski definition) is 7. The summed E-state index contributed by atoms with van der Waals surface area (Å²) in [6.45, 7) is 4.71. The second-order valence-corrected chi connectivity index (χ2v) is 10.1. The van der Waals surface area contributed by atoms with Crippen LogP contribution in [0.2, 0.25) is 0 Å². The molecule has 38 heavy (non-hydrogen) atoms. The Labute approximate surface area is 231 Å². The maximum atomic E-state index is 12.5. The highest BCUT2D eigenvalue weighted by Gasteiger charge is 2.14. The molecule has 1 saturated heterocycles. The Kier molecular flexibility index (Phi) is 8.15. The fourth-order valence-corrected chi connectivity index (χ4v) is 4.48. The number of piperazine rings is 1. The molecule has 0 atom stereocenters. The van der Waals surface area contributed by atoms with Crippen LogP contribution in [-0.2, 0) is 6.54 Å². The van der Waals surface area contributed by atoms with Crippen LogP contribution >= 0.6 is 15.9 Å². The van der Waals surface area contributed by atoms with E-state index in [0.29, 0.717) is 23.9 Å². The highest BCUT2D eigenvalue weighted by atomic mass is 79.9. The number of carbonyl (C=O) groups is 1. The maximum Gasteiger partial charge on any atom is 0.251 e. The van der Waals surface area contributed by atoms with Crippen molar-refractivity contribution in [2.75, 3.05) is 48.8 Å². The third-order valence-corrected chi connectivity index (χ3v) is 7.02. The summed E-state index contributed by atoms with van der Waals surface area (Å²) in [6, 6.07) is 25.5. The van der Waals surface area contributed by atoms with Crippen LogP contribution in [0.1, 0.15) is 15.9 Å². The summed E-state index contributed by atoms with van der Waals surface area (Å²) in [6.07, 6.45) is 1.71. The number of carbonyl (C=O) groups excluding carboxylic acids is 1. The van der Waals surface area contributed by atoms with Crippen LogP contribution in [0.15, 0.2) is 89.5 Å². The Morgan fingerprint density at radius 2 is 1.53 bits per heavy atom. The zero-order valence-electron chi connectivity index (χ0n) is 21.2. The van der Waals surface area contributed by atoms with Gasteiger partial charge in [-0.2, -0.15) is 4.98 Å². The summed E-state index contributed by atoms with van der Waals surface area (Å²) in [5.41, 5.74) is 4.60. The lowest BCUT2D eigenvalue weighted by Gasteiger charge is -2.34. The van der Waals surface area contributed by atoms with E-state index in [2.05, 4.69) is 83.0 Å². The topological polar surface area (TPSA) is 85.4 Å². The first kappa shape index (κ1) is 25.7. The average molecular weight is 573 g/mol. The van der Waals surface area contributed by atoms with Crippen LogP contribution in [-0.4, -0.2) is 54.0 Å². The summed E-state index contributed by atoms with van der Waals surface area (Å²) in [4.78, 5) is 26.3. The Morgan fingerprint density at radius 1 is 0.868 bits per heavy atom. The largest absolute Gasteiger partial charge is 0.369 e. The molecule has 3 N–H and O–H groups in total. The zero-order chi connectivity index (χ0) is 26.3. The monoisotopic (exact) mass is 571 g/mol. The van der Waals surface area contributed by atoms with Gasteiger partial charge in [-0.15, -0.1) is 0 Å². The molecule has 0 unspecified atom stereocenters. The summed E-state index contributed by atoms with van der Waals surface area (Å²) in [7, 11) is 2.16. The van der Waals surface area contributed by atoms with E-state index in [9.17, 15) is 4.79 Å². The molecule has 0 bridgehead atoms. The van der Waals surface area contributed by atoms with Crippen molar-refractivity contribution >= 4 is 50.7 Å². The lowest BCUT2D eigenvalue weighted by Crippen LogP contribution is -2.44. The first-order valence-electron chi connectivity index (χ1n) is 12.6. The number of rotatable bonds is 8. The Balaban J connectivity index is 1.19. The van der Waals surface area contributed by atoms with Gasteiger partial charge in [0.05, 0.1) is 4.47 Å². The van der Waals surface area contributed by atoms with Crippen LogP contribution in [0.5, 0.6) is 0 Å². The van der Waals surface area contributed by atoms with Crippen molar-refractivity contribution < 1.29 is 4.79 Å². The minimum Gasteiger partial charge on any atom is -0.369 e. The molecule has 8 nitrogen and oxygen atoms in total. The molecule has 1 fully saturated rings. The third-order valence-electron chi connectivity index (χ3n) is 6.44. The van der Waals surface area contributed by atoms with Gasteiger partial charge in [-0.05, 0) is 77.1 Å². The zero-order valence-corrected chi connectivity index (χ0v) is 22.8. The summed E-state index contributed by atoms with van der Waals surface area (Å²) in [5, 5.41) is 9.52. The van der Waals surface area contributed by atoms with E-state index >= 15 is 0 Å². The number of nitrogens with one attached hydrogen (secondary N) is 3. The summed E-state index contributed by atoms with van der Waals surface area (Å²) < 4.78 is 0.761. The number of anilines is 5. The molecule has 2 heterocycles. The third kappa shape index (κ3) is 6.67. The van der Waals surface area contributed by atoms with Gasteiger partial charge in [-0.3, -0.25) is 4.79 Å². The molecule has 5 rings (SSSR count). The Bertz CT molecular complexity index is 1360. The predicted molar refractivity (Wildman–Crippen MR) is 157 cm³/mol. The average Bonchev–Trinajstić information content (AvgIpc) is 2.95. The highest BCUT2D eigenvalue weighted by Crippen LogP contribution is 2.27. The minimum absolute atomic E-state index is 0.120. The molecule has 9 heteroatoms. The van der Waals surface area contributed by atoms with Gasteiger partial charge in [0.15, 0.2) is 0 Å². The molecule has 194 valence electrons. The van der Waals surface area contributed by atoms with E-state index in [1.807, 2.05) is 42.5 Å². The van der Waals surface area contributed by atoms with Gasteiger partial charge >= 0.3 is 0 Å². The number of likely N-dealkylation sites (N-methyl/N-ethyl adjacent to an activating group) is 1. The van der Waals surface area contributed by atoms with Crippen molar-refractivity contribution in [3.05, 3.63) is 101 Å². The van der Waals surface area contributed by atoms with Crippen LogP contribution in [0.3, 0.4) is 0 Å². The molecule has 0 saturated carbocycles. The van der Waals surface area contributed by atoms with Crippen LogP contribution in [0.25, 0.3) is 0 Å². The number of halogens is 1. The molecule has 1 aromatic heterocycles. The highest BCUT2D eigenvalue weighted by molar-refractivity contribution is 9.10. The van der Waals surface area contributed by atoms with E-state index in [1.165, 1.54) is 5.69 Å². The summed E-state index contributed by atoms with van der Waals surface area (Å²) in [5.74, 6) is 0.989. The van der Waals surface area contributed by atoms with Crippen molar-refractivity contribution in [1.29, 1.82) is 0 Å². The fraction of sp³-hybridized carbons (Fsp3) is 0.207. The second-order valence-electron chi connectivity index (χ2n) is 9.22. The fourth-order valence-electron chi connectivity index (χ4n) is 4.19. The van der Waals surface area contributed by atoms with Gasteiger partial charge in [-0.1, -0.05) is 30.3 Å². The van der Waals surface area contributed by atoms with Crippen molar-refractivity contribution in [1.82, 2.24) is 20.2 Å². The second kappa shape index (κ2) is 12.1. The van der Waals surface area contributed by atoms with Crippen molar-refractivity contribution in [3.63, 3.8) is 0 Å². The van der Waals surface area contributed by atoms with Crippen molar-refractivity contribution in [2.24, 2.45) is 0 Å². The molecular weight excluding hydrogens is 542 g/mol. The van der Waals surface area contributed by atoms with Gasteiger partial charge in [-0.25, -0.2) is 4.98 Å². The SMILES string of the molecule is CN1CCN(c2ccc(Nc3nc(Nc4ccc(C(=O)NCc5ccccc5)cc4)ncc3Br)cc2)CC1. The molecule has 4 aromatic rings. The van der Waals surface area contributed by atoms with Gasteiger partial charge in [0.25, 0.3) is 5.91 Å². The molecular formula is C29H30BrN7O. The first-order chi connectivity index (χ1) is 18.5. The first-order valence-corrected chi connectivity index (χ1v) is 13.4. The molecule has 0 aliphatic carbocycles. The predicted octanol–water partition coefficient (Wildman–Crippen LogP) is 5.41. The Hall–Kier alpha value is -3.95. The van der Waals surface area contributed by atoms with Crippen molar-refractivity contribution in [3.8, 4) is 0 Å². The molecule has 3 aromatic carbocycles. The van der Waals surface area contributed by atoms with Crippen LogP contribution in [0, 0.1) is 0 Å². The molecule has 0 radical (unpaired) electrons. The van der Waals surface area contributed by atoms with Crippen LogP contribution in [0.4, 0.5) is 28.8 Å². The molecule has 1 amide bonds.